The third kappa shape index (κ3) is 4.22. The Morgan fingerprint density at radius 3 is 2.48 bits per heavy atom. The Morgan fingerprint density at radius 1 is 1.07 bits per heavy atom. The number of nitrogens with zero attached hydrogens (tertiary/aromatic N) is 1. The molecule has 0 aliphatic carbocycles. The number of hydrogen-bond donors (Lipinski definition) is 1. The van der Waals surface area contributed by atoms with Crippen LogP contribution in [0.2, 0.25) is 0 Å². The van der Waals surface area contributed by atoms with Gasteiger partial charge < -0.3 is 5.32 Å². The van der Waals surface area contributed by atoms with E-state index in [2.05, 4.69) is 5.32 Å². The van der Waals surface area contributed by atoms with Crippen LogP contribution in [0.25, 0.3) is 0 Å². The van der Waals surface area contributed by atoms with Crippen LogP contribution in [0.4, 0.5) is 5.69 Å². The van der Waals surface area contributed by atoms with E-state index >= 15 is 0 Å². The number of carbonyl (C=O) groups is 1. The second-order valence-electron chi connectivity index (χ2n) is 7.25. The van der Waals surface area contributed by atoms with E-state index < -0.39 is 10.0 Å². The molecule has 1 unspecified atom stereocenters. The molecular formula is C21H26N2O3S. The van der Waals surface area contributed by atoms with Gasteiger partial charge in [0.2, 0.25) is 15.9 Å². The summed E-state index contributed by atoms with van der Waals surface area (Å²) in [7, 11) is -3.58. The first-order valence-corrected chi connectivity index (χ1v) is 10.7. The van der Waals surface area contributed by atoms with Gasteiger partial charge in [-0.2, -0.15) is 4.31 Å². The summed E-state index contributed by atoms with van der Waals surface area (Å²) < 4.78 is 27.3. The van der Waals surface area contributed by atoms with Crippen molar-refractivity contribution in [1.29, 1.82) is 0 Å². The van der Waals surface area contributed by atoms with Crippen LogP contribution in [0.1, 0.15) is 29.5 Å². The van der Waals surface area contributed by atoms with Crippen molar-refractivity contribution in [2.24, 2.45) is 5.92 Å². The van der Waals surface area contributed by atoms with Crippen molar-refractivity contribution in [1.82, 2.24) is 4.31 Å². The molecule has 0 aromatic heterocycles. The fraction of sp³-hybridized carbons (Fsp3) is 0.381. The van der Waals surface area contributed by atoms with Crippen molar-refractivity contribution in [2.75, 3.05) is 18.4 Å². The topological polar surface area (TPSA) is 66.5 Å². The number of hydrogen-bond acceptors (Lipinski definition) is 3. The molecule has 144 valence electrons. The Kier molecular flexibility index (Phi) is 5.67. The number of sulfonamides is 1. The largest absolute Gasteiger partial charge is 0.326 e. The molecular weight excluding hydrogens is 360 g/mol. The van der Waals surface area contributed by atoms with Gasteiger partial charge in [0.15, 0.2) is 0 Å². The molecule has 1 saturated heterocycles. The predicted octanol–water partition coefficient (Wildman–Crippen LogP) is 3.65. The lowest BCUT2D eigenvalue weighted by Gasteiger charge is -2.31. The Morgan fingerprint density at radius 2 is 1.78 bits per heavy atom. The summed E-state index contributed by atoms with van der Waals surface area (Å²) in [5, 5.41) is 2.98. The average Bonchev–Trinajstić information content (AvgIpc) is 2.66. The minimum atomic E-state index is -3.58. The average molecular weight is 387 g/mol. The highest BCUT2D eigenvalue weighted by Gasteiger charge is 2.33. The number of anilines is 1. The molecule has 1 aliphatic rings. The van der Waals surface area contributed by atoms with Crippen LogP contribution < -0.4 is 5.32 Å². The fourth-order valence-corrected chi connectivity index (χ4v) is 4.88. The third-order valence-corrected chi connectivity index (χ3v) is 7.16. The van der Waals surface area contributed by atoms with Gasteiger partial charge in [-0.25, -0.2) is 8.42 Å². The summed E-state index contributed by atoms with van der Waals surface area (Å²) >= 11 is 0. The van der Waals surface area contributed by atoms with Gasteiger partial charge >= 0.3 is 0 Å². The molecule has 1 atom stereocenters. The molecule has 2 aromatic carbocycles. The lowest BCUT2D eigenvalue weighted by molar-refractivity contribution is -0.120. The lowest BCUT2D eigenvalue weighted by Crippen LogP contribution is -2.43. The van der Waals surface area contributed by atoms with E-state index in [0.29, 0.717) is 19.4 Å². The maximum atomic E-state index is 12.9. The Labute approximate surface area is 161 Å². The molecule has 1 amide bonds. The second-order valence-corrected chi connectivity index (χ2v) is 9.19. The molecule has 6 heteroatoms. The van der Waals surface area contributed by atoms with Crippen molar-refractivity contribution in [2.45, 2.75) is 38.5 Å². The Hall–Kier alpha value is -2.18. The molecule has 1 aliphatic heterocycles. The van der Waals surface area contributed by atoms with Gasteiger partial charge in [0.05, 0.1) is 10.8 Å². The minimum Gasteiger partial charge on any atom is -0.326 e. The molecule has 0 saturated carbocycles. The van der Waals surface area contributed by atoms with Crippen molar-refractivity contribution in [3.8, 4) is 0 Å². The monoisotopic (exact) mass is 386 g/mol. The van der Waals surface area contributed by atoms with E-state index in [9.17, 15) is 13.2 Å². The normalized spacial score (nSPS) is 18.3. The van der Waals surface area contributed by atoms with Crippen LogP contribution in [0.15, 0.2) is 47.4 Å². The minimum absolute atomic E-state index is 0.118. The summed E-state index contributed by atoms with van der Waals surface area (Å²) in [6.45, 7) is 6.56. The maximum Gasteiger partial charge on any atom is 0.243 e. The zero-order valence-corrected chi connectivity index (χ0v) is 16.8. The lowest BCUT2D eigenvalue weighted by atomic mass is 9.98. The van der Waals surface area contributed by atoms with E-state index in [1.54, 1.807) is 24.3 Å². The molecule has 1 N–H and O–H groups in total. The second kappa shape index (κ2) is 7.82. The fourth-order valence-electron chi connectivity index (χ4n) is 3.36. The molecule has 27 heavy (non-hydrogen) atoms. The number of piperidine rings is 1. The molecule has 1 fully saturated rings. The van der Waals surface area contributed by atoms with E-state index in [1.165, 1.54) is 4.31 Å². The molecule has 1 heterocycles. The molecule has 2 aromatic rings. The number of rotatable bonds is 4. The number of carbonyl (C=O) groups excluding carboxylic acids is 1. The van der Waals surface area contributed by atoms with Crippen molar-refractivity contribution in [3.05, 3.63) is 59.2 Å². The highest BCUT2D eigenvalue weighted by molar-refractivity contribution is 7.89. The SMILES string of the molecule is Cc1ccc(S(=O)(=O)N2CCCC(C(=O)Nc3cccc(C)c3C)C2)cc1. The first-order valence-electron chi connectivity index (χ1n) is 9.23. The van der Waals surface area contributed by atoms with Crippen molar-refractivity contribution >= 4 is 21.6 Å². The smallest absolute Gasteiger partial charge is 0.243 e. The molecule has 0 radical (unpaired) electrons. The summed E-state index contributed by atoms with van der Waals surface area (Å²) in [5.41, 5.74) is 3.95. The van der Waals surface area contributed by atoms with Crippen molar-refractivity contribution in [3.63, 3.8) is 0 Å². The van der Waals surface area contributed by atoms with E-state index in [-0.39, 0.29) is 23.3 Å². The van der Waals surface area contributed by atoms with Gasteiger partial charge in [-0.05, 0) is 62.9 Å². The van der Waals surface area contributed by atoms with Crippen molar-refractivity contribution < 1.29 is 13.2 Å². The number of benzene rings is 2. The highest BCUT2D eigenvalue weighted by Crippen LogP contribution is 2.26. The van der Waals surface area contributed by atoms with Gasteiger partial charge in [-0.15, -0.1) is 0 Å². The van der Waals surface area contributed by atoms with Crippen LogP contribution in [0.3, 0.4) is 0 Å². The molecule has 0 spiro atoms. The standard InChI is InChI=1S/C21H26N2O3S/c1-15-9-11-19(12-10-15)27(25,26)23-13-5-7-18(14-23)21(24)22-20-8-4-6-16(2)17(20)3/h4,6,8-12,18H,5,7,13-14H2,1-3H3,(H,22,24). The quantitative estimate of drug-likeness (QED) is 0.872. The zero-order chi connectivity index (χ0) is 19.6. The van der Waals surface area contributed by atoms with E-state index in [1.807, 2.05) is 39.0 Å². The number of aryl methyl sites for hydroxylation is 2. The maximum absolute atomic E-state index is 12.9. The summed E-state index contributed by atoms with van der Waals surface area (Å²) in [5.74, 6) is -0.466. The highest BCUT2D eigenvalue weighted by atomic mass is 32.2. The van der Waals surface area contributed by atoms with Crippen LogP contribution in [0, 0.1) is 26.7 Å². The first kappa shape index (κ1) is 19.6. The number of nitrogens with one attached hydrogen (secondary N) is 1. The van der Waals surface area contributed by atoms with Crippen LogP contribution in [-0.2, 0) is 14.8 Å². The summed E-state index contributed by atoms with van der Waals surface area (Å²) in [6, 6.07) is 12.6. The van der Waals surface area contributed by atoms with Gasteiger partial charge in [0.25, 0.3) is 0 Å². The summed E-state index contributed by atoms with van der Waals surface area (Å²) in [4.78, 5) is 13.0. The van der Waals surface area contributed by atoms with Crippen LogP contribution in [0.5, 0.6) is 0 Å². The van der Waals surface area contributed by atoms with Gasteiger partial charge in [-0.3, -0.25) is 4.79 Å². The third-order valence-electron chi connectivity index (χ3n) is 5.28. The first-order chi connectivity index (χ1) is 12.8. The van der Waals surface area contributed by atoms with Crippen LogP contribution >= 0.6 is 0 Å². The Balaban J connectivity index is 1.74. The zero-order valence-electron chi connectivity index (χ0n) is 16.0. The van der Waals surface area contributed by atoms with Gasteiger partial charge in [-0.1, -0.05) is 29.8 Å². The van der Waals surface area contributed by atoms with E-state index in [0.717, 1.165) is 22.4 Å². The van der Waals surface area contributed by atoms with E-state index in [4.69, 9.17) is 0 Å². The van der Waals surface area contributed by atoms with Crippen LogP contribution in [-0.4, -0.2) is 31.7 Å². The molecule has 3 rings (SSSR count). The Bertz CT molecular complexity index is 936. The van der Waals surface area contributed by atoms with Gasteiger partial charge in [0.1, 0.15) is 0 Å². The van der Waals surface area contributed by atoms with Gasteiger partial charge in [0, 0.05) is 18.8 Å². The number of amides is 1. The molecule has 0 bridgehead atoms. The summed E-state index contributed by atoms with van der Waals surface area (Å²) in [6.07, 6.45) is 1.37. The molecule has 5 nitrogen and oxygen atoms in total. The predicted molar refractivity (Wildman–Crippen MR) is 107 cm³/mol.